The highest BCUT2D eigenvalue weighted by Gasteiger charge is 2.25. The van der Waals surface area contributed by atoms with Crippen molar-refractivity contribution in [1.29, 1.82) is 0 Å². The quantitative estimate of drug-likeness (QED) is 0.645. The fourth-order valence-corrected chi connectivity index (χ4v) is 4.46. The van der Waals surface area contributed by atoms with Crippen LogP contribution in [0.1, 0.15) is 11.1 Å². The Kier molecular flexibility index (Phi) is 3.79. The molecule has 4 nitrogen and oxygen atoms in total. The molecule has 0 amide bonds. The van der Waals surface area contributed by atoms with E-state index in [-0.39, 0.29) is 10.0 Å². The molecule has 0 N–H and O–H groups in total. The number of nitrogens with zero attached hydrogens (tertiary/aromatic N) is 2. The van der Waals surface area contributed by atoms with Crippen LogP contribution < -0.4 is 0 Å². The summed E-state index contributed by atoms with van der Waals surface area (Å²) >= 11 is 9.62. The molecule has 0 radical (unpaired) electrons. The lowest BCUT2D eigenvalue weighted by molar-refractivity contribution is 0.588. The molecule has 0 saturated heterocycles. The summed E-state index contributed by atoms with van der Waals surface area (Å²) in [6.45, 7) is 3.68. The maximum atomic E-state index is 12.9. The number of hydrogen-bond acceptors (Lipinski definition) is 3. The minimum absolute atomic E-state index is 0.154. The topological polar surface area (TPSA) is 52.0 Å². The van der Waals surface area contributed by atoms with Gasteiger partial charge in [-0.05, 0) is 53.5 Å². The molecule has 2 heterocycles. The first kappa shape index (κ1) is 15.5. The molecule has 22 heavy (non-hydrogen) atoms. The van der Waals surface area contributed by atoms with Crippen molar-refractivity contribution in [3.05, 3.63) is 57.3 Å². The molecule has 0 unspecified atom stereocenters. The van der Waals surface area contributed by atoms with E-state index in [0.717, 1.165) is 14.0 Å². The third-order valence-corrected chi connectivity index (χ3v) is 6.17. The smallest absolute Gasteiger partial charge is 0.236 e. The van der Waals surface area contributed by atoms with Gasteiger partial charge in [-0.1, -0.05) is 29.3 Å². The Morgan fingerprint density at radius 1 is 1.18 bits per heavy atom. The average molecular weight is 400 g/mol. The fourth-order valence-electron chi connectivity index (χ4n) is 2.26. The van der Waals surface area contributed by atoms with Gasteiger partial charge >= 0.3 is 0 Å². The first-order chi connectivity index (χ1) is 10.3. The molecule has 2 aromatic heterocycles. The van der Waals surface area contributed by atoms with E-state index < -0.39 is 10.0 Å². The number of aromatic nitrogens is 2. The predicted octanol–water partition coefficient (Wildman–Crippen LogP) is 4.31. The zero-order valence-electron chi connectivity index (χ0n) is 11.8. The van der Waals surface area contributed by atoms with Crippen LogP contribution >= 0.6 is 27.5 Å². The third kappa shape index (κ3) is 2.35. The summed E-state index contributed by atoms with van der Waals surface area (Å²) < 4.78 is 27.7. The van der Waals surface area contributed by atoms with Crippen LogP contribution in [0.2, 0.25) is 5.15 Å². The maximum Gasteiger partial charge on any atom is 0.270 e. The SMILES string of the molecule is Cc1ccc(S(=O)(=O)n2c(Cl)c(C)c3cc(Br)cnc32)cc1. The molecule has 0 atom stereocenters. The summed E-state index contributed by atoms with van der Waals surface area (Å²) in [5.41, 5.74) is 1.99. The van der Waals surface area contributed by atoms with Crippen LogP contribution in [0.4, 0.5) is 0 Å². The van der Waals surface area contributed by atoms with Crippen LogP contribution in [0.5, 0.6) is 0 Å². The first-order valence-corrected chi connectivity index (χ1v) is 9.08. The van der Waals surface area contributed by atoms with Gasteiger partial charge in [-0.25, -0.2) is 17.4 Å². The molecule has 0 aliphatic heterocycles. The van der Waals surface area contributed by atoms with E-state index in [0.29, 0.717) is 16.6 Å². The Balaban J connectivity index is 2.34. The second-order valence-corrected chi connectivity index (χ2v) is 8.08. The highest BCUT2D eigenvalue weighted by atomic mass is 79.9. The van der Waals surface area contributed by atoms with Crippen LogP contribution in [0, 0.1) is 13.8 Å². The van der Waals surface area contributed by atoms with Gasteiger partial charge in [0.25, 0.3) is 10.0 Å². The molecule has 0 saturated carbocycles. The van der Waals surface area contributed by atoms with E-state index in [1.54, 1.807) is 37.4 Å². The zero-order valence-corrected chi connectivity index (χ0v) is 15.0. The molecule has 114 valence electrons. The maximum absolute atomic E-state index is 12.9. The van der Waals surface area contributed by atoms with E-state index in [9.17, 15) is 8.42 Å². The largest absolute Gasteiger partial charge is 0.270 e. The van der Waals surface area contributed by atoms with Crippen LogP contribution in [0.25, 0.3) is 11.0 Å². The highest BCUT2D eigenvalue weighted by molar-refractivity contribution is 9.10. The van der Waals surface area contributed by atoms with E-state index >= 15 is 0 Å². The molecule has 3 rings (SSSR count). The van der Waals surface area contributed by atoms with Crippen molar-refractivity contribution in [3.63, 3.8) is 0 Å². The van der Waals surface area contributed by atoms with Crippen molar-refractivity contribution < 1.29 is 8.42 Å². The Hall–Kier alpha value is -1.37. The second-order valence-electron chi connectivity index (χ2n) is 5.02. The monoisotopic (exact) mass is 398 g/mol. The Morgan fingerprint density at radius 3 is 2.45 bits per heavy atom. The van der Waals surface area contributed by atoms with Crippen molar-refractivity contribution in [2.24, 2.45) is 0 Å². The fraction of sp³-hybridized carbons (Fsp3) is 0.133. The molecule has 1 aromatic carbocycles. The second kappa shape index (κ2) is 5.37. The molecular weight excluding hydrogens is 388 g/mol. The Morgan fingerprint density at radius 2 is 1.82 bits per heavy atom. The van der Waals surface area contributed by atoms with Crippen molar-refractivity contribution in [3.8, 4) is 0 Å². The van der Waals surface area contributed by atoms with Gasteiger partial charge < -0.3 is 0 Å². The van der Waals surface area contributed by atoms with Gasteiger partial charge in [0.05, 0.1) is 4.90 Å². The summed E-state index contributed by atoms with van der Waals surface area (Å²) in [7, 11) is -3.80. The lowest BCUT2D eigenvalue weighted by atomic mass is 10.2. The predicted molar refractivity (Wildman–Crippen MR) is 90.9 cm³/mol. The number of aryl methyl sites for hydroxylation is 2. The number of hydrogen-bond donors (Lipinski definition) is 0. The van der Waals surface area contributed by atoms with Gasteiger partial charge in [0, 0.05) is 16.1 Å². The van der Waals surface area contributed by atoms with Crippen LogP contribution in [0.15, 0.2) is 45.9 Å². The van der Waals surface area contributed by atoms with E-state index in [4.69, 9.17) is 11.6 Å². The van der Waals surface area contributed by atoms with E-state index in [1.807, 2.05) is 13.0 Å². The molecule has 0 spiro atoms. The summed E-state index contributed by atoms with van der Waals surface area (Å²) in [6, 6.07) is 8.46. The van der Waals surface area contributed by atoms with E-state index in [2.05, 4.69) is 20.9 Å². The molecular formula is C15H12BrClN2O2S. The summed E-state index contributed by atoms with van der Waals surface area (Å²) in [5.74, 6) is 0. The lowest BCUT2D eigenvalue weighted by Gasteiger charge is -2.08. The number of pyridine rings is 1. The Labute approximate surface area is 141 Å². The summed E-state index contributed by atoms with van der Waals surface area (Å²) in [4.78, 5) is 4.41. The highest BCUT2D eigenvalue weighted by Crippen LogP contribution is 2.33. The van der Waals surface area contributed by atoms with Crippen molar-refractivity contribution in [2.75, 3.05) is 0 Å². The van der Waals surface area contributed by atoms with Gasteiger partial charge in [0.2, 0.25) is 0 Å². The lowest BCUT2D eigenvalue weighted by Crippen LogP contribution is -2.13. The van der Waals surface area contributed by atoms with Gasteiger partial charge in [0.1, 0.15) is 5.15 Å². The van der Waals surface area contributed by atoms with Gasteiger partial charge in [-0.3, -0.25) is 0 Å². The van der Waals surface area contributed by atoms with Gasteiger partial charge in [-0.15, -0.1) is 0 Å². The zero-order chi connectivity index (χ0) is 16.1. The molecule has 0 fully saturated rings. The van der Waals surface area contributed by atoms with Crippen molar-refractivity contribution >= 4 is 48.6 Å². The van der Waals surface area contributed by atoms with E-state index in [1.165, 1.54) is 0 Å². The minimum atomic E-state index is -3.80. The molecule has 0 bridgehead atoms. The third-order valence-electron chi connectivity index (χ3n) is 3.48. The molecule has 0 aliphatic carbocycles. The number of halogens is 2. The van der Waals surface area contributed by atoms with Crippen LogP contribution in [-0.2, 0) is 10.0 Å². The Bertz CT molecular complexity index is 979. The number of fused-ring (bicyclic) bond motifs is 1. The van der Waals surface area contributed by atoms with Gasteiger partial charge in [-0.2, -0.15) is 0 Å². The number of benzene rings is 1. The summed E-state index contributed by atoms with van der Waals surface area (Å²) in [5, 5.41) is 0.858. The summed E-state index contributed by atoms with van der Waals surface area (Å²) in [6.07, 6.45) is 1.55. The molecule has 7 heteroatoms. The van der Waals surface area contributed by atoms with Gasteiger partial charge in [0.15, 0.2) is 5.65 Å². The molecule has 3 aromatic rings. The molecule has 0 aliphatic rings. The van der Waals surface area contributed by atoms with Crippen LogP contribution in [-0.4, -0.2) is 17.4 Å². The van der Waals surface area contributed by atoms with Crippen LogP contribution in [0.3, 0.4) is 0 Å². The van der Waals surface area contributed by atoms with Crippen molar-refractivity contribution in [1.82, 2.24) is 8.96 Å². The minimum Gasteiger partial charge on any atom is -0.236 e. The number of rotatable bonds is 2. The van der Waals surface area contributed by atoms with Crippen molar-refractivity contribution in [2.45, 2.75) is 18.7 Å². The first-order valence-electron chi connectivity index (χ1n) is 6.46. The average Bonchev–Trinajstić information content (AvgIpc) is 2.72. The normalized spacial score (nSPS) is 12.0. The standard InChI is InChI=1S/C15H12BrClN2O2S/c1-9-3-5-12(6-4-9)22(20,21)19-14(17)10(2)13-7-11(16)8-18-15(13)19/h3-8H,1-2H3.